The van der Waals surface area contributed by atoms with Crippen LogP contribution in [-0.2, 0) is 19.9 Å². The van der Waals surface area contributed by atoms with Gasteiger partial charge in [0.2, 0.25) is 17.4 Å². The Bertz CT molecular complexity index is 840. The van der Waals surface area contributed by atoms with Crippen molar-refractivity contribution in [1.29, 1.82) is 0 Å². The van der Waals surface area contributed by atoms with E-state index in [9.17, 15) is 18.8 Å². The molecule has 3 aliphatic heterocycles. The van der Waals surface area contributed by atoms with Crippen LogP contribution >= 0.6 is 0 Å². The Hall–Kier alpha value is -2.28. The summed E-state index contributed by atoms with van der Waals surface area (Å²) in [7, 11) is 0. The number of halogens is 1. The van der Waals surface area contributed by atoms with E-state index in [4.69, 9.17) is 0 Å². The van der Waals surface area contributed by atoms with Gasteiger partial charge in [0.05, 0.1) is 5.69 Å². The highest BCUT2D eigenvalue weighted by Gasteiger charge is 2.74. The number of likely N-dealkylation sites (tertiary alicyclic amines) is 1. The molecule has 1 spiro atoms. The molecule has 3 aliphatic rings. The van der Waals surface area contributed by atoms with Gasteiger partial charge in [0.15, 0.2) is 0 Å². The first-order valence-electron chi connectivity index (χ1n) is 9.65. The average molecular weight is 374 g/mol. The maximum Gasteiger partial charge on any atom is 0.291 e. The van der Waals surface area contributed by atoms with Crippen molar-refractivity contribution in [3.8, 4) is 0 Å². The van der Waals surface area contributed by atoms with E-state index in [0.717, 1.165) is 12.8 Å². The second-order valence-electron chi connectivity index (χ2n) is 8.19. The molecule has 3 heterocycles. The van der Waals surface area contributed by atoms with Crippen molar-refractivity contribution in [2.45, 2.75) is 45.2 Å². The Morgan fingerprint density at radius 1 is 1.26 bits per heavy atom. The Labute approximate surface area is 157 Å². The van der Waals surface area contributed by atoms with Crippen LogP contribution in [0.15, 0.2) is 18.2 Å². The smallest absolute Gasteiger partial charge is 0.291 e. The lowest BCUT2D eigenvalue weighted by atomic mass is 9.76. The zero-order valence-electron chi connectivity index (χ0n) is 15.8. The van der Waals surface area contributed by atoms with E-state index in [2.05, 4.69) is 5.32 Å². The number of amides is 3. The van der Waals surface area contributed by atoms with Crippen LogP contribution in [0.1, 0.15) is 39.2 Å². The fourth-order valence-corrected chi connectivity index (χ4v) is 5.06. The summed E-state index contributed by atoms with van der Waals surface area (Å²) in [5.74, 6) is -2.55. The molecule has 0 aliphatic carbocycles. The molecule has 4 rings (SSSR count). The highest BCUT2D eigenvalue weighted by Crippen LogP contribution is 2.50. The van der Waals surface area contributed by atoms with E-state index in [1.54, 1.807) is 0 Å². The minimum Gasteiger partial charge on any atom is -0.326 e. The highest BCUT2D eigenvalue weighted by molar-refractivity contribution is 6.13. The van der Waals surface area contributed by atoms with E-state index in [1.165, 1.54) is 23.1 Å². The molecule has 1 aromatic rings. The van der Waals surface area contributed by atoms with Crippen LogP contribution in [0.3, 0.4) is 0 Å². The zero-order chi connectivity index (χ0) is 19.5. The summed E-state index contributed by atoms with van der Waals surface area (Å²) < 4.78 is 14.0. The summed E-state index contributed by atoms with van der Waals surface area (Å²) in [5.41, 5.74) is -0.276. The van der Waals surface area contributed by atoms with Gasteiger partial charge in [0, 0.05) is 18.0 Å². The van der Waals surface area contributed by atoms with Crippen LogP contribution in [-0.4, -0.2) is 35.2 Å². The molecule has 0 saturated carbocycles. The highest BCUT2D eigenvalue weighted by atomic mass is 19.1. The minimum atomic E-state index is -1.27. The Morgan fingerprint density at radius 3 is 2.67 bits per heavy atom. The molecule has 6 nitrogen and oxygen atoms in total. The summed E-state index contributed by atoms with van der Waals surface area (Å²) in [6.45, 7) is 6.35. The number of quaternary nitrogens is 1. The summed E-state index contributed by atoms with van der Waals surface area (Å²) in [6, 6.07) is 3.94. The van der Waals surface area contributed by atoms with Crippen LogP contribution < -0.4 is 10.6 Å². The van der Waals surface area contributed by atoms with E-state index in [0.29, 0.717) is 17.8 Å². The monoisotopic (exact) mass is 374 g/mol. The number of anilines is 1. The molecule has 0 unspecified atom stereocenters. The van der Waals surface area contributed by atoms with Crippen molar-refractivity contribution < 1.29 is 24.1 Å². The van der Waals surface area contributed by atoms with Gasteiger partial charge < -0.3 is 10.6 Å². The average Bonchev–Trinajstić information content (AvgIpc) is 3.20. The van der Waals surface area contributed by atoms with Crippen LogP contribution in [0, 0.1) is 23.6 Å². The number of rotatable bonds is 4. The molecule has 2 saturated heterocycles. The van der Waals surface area contributed by atoms with Gasteiger partial charge in [0.25, 0.3) is 5.91 Å². The van der Waals surface area contributed by atoms with Gasteiger partial charge in [-0.1, -0.05) is 27.2 Å². The molecular weight excluding hydrogens is 349 g/mol. The molecule has 0 radical (unpaired) electrons. The van der Waals surface area contributed by atoms with Gasteiger partial charge >= 0.3 is 0 Å². The molecule has 0 bridgehead atoms. The molecule has 2 fully saturated rings. The third-order valence-electron chi connectivity index (χ3n) is 6.36. The largest absolute Gasteiger partial charge is 0.326 e. The first-order valence-corrected chi connectivity index (χ1v) is 9.65. The normalized spacial score (nSPS) is 31.8. The van der Waals surface area contributed by atoms with Crippen molar-refractivity contribution in [3.63, 3.8) is 0 Å². The minimum absolute atomic E-state index is 0.0881. The predicted octanol–water partition coefficient (Wildman–Crippen LogP) is 0.976. The molecular formula is C20H25FN3O3+. The standard InChI is InChI=1S/C20H24FN3O3/c1-4-5-8-24-17(25)14-15(18(24)26)20(23-16(14)10(2)3)12-9-11(21)6-7-13(12)22-19(20)27/h6-7,9-10,14-16,23H,4-5,8H2,1-3H3,(H,22,27)/p+1/t14-,15-,16-,20-/m0/s1. The zero-order valence-corrected chi connectivity index (χ0v) is 15.8. The number of nitrogens with one attached hydrogen (secondary N) is 1. The molecule has 3 amide bonds. The third-order valence-corrected chi connectivity index (χ3v) is 6.36. The van der Waals surface area contributed by atoms with E-state index < -0.39 is 23.2 Å². The van der Waals surface area contributed by atoms with Crippen molar-refractivity contribution in [2.24, 2.45) is 17.8 Å². The number of nitrogens with two attached hydrogens (primary N) is 1. The molecule has 4 atom stereocenters. The van der Waals surface area contributed by atoms with Gasteiger partial charge in [-0.15, -0.1) is 0 Å². The quantitative estimate of drug-likeness (QED) is 0.771. The number of fused-ring (bicyclic) bond motifs is 4. The van der Waals surface area contributed by atoms with Crippen LogP contribution in [0.25, 0.3) is 0 Å². The lowest BCUT2D eigenvalue weighted by Crippen LogP contribution is -2.99. The lowest BCUT2D eigenvalue weighted by Gasteiger charge is -2.27. The van der Waals surface area contributed by atoms with E-state index in [1.807, 2.05) is 26.1 Å². The number of nitrogens with zero attached hydrogens (tertiary/aromatic N) is 1. The topological polar surface area (TPSA) is 83.1 Å². The van der Waals surface area contributed by atoms with Gasteiger partial charge in [-0.05, 0) is 24.6 Å². The maximum absolute atomic E-state index is 14.0. The van der Waals surface area contributed by atoms with Crippen LogP contribution in [0.5, 0.6) is 0 Å². The summed E-state index contributed by atoms with van der Waals surface area (Å²) in [6.07, 6.45) is 1.60. The molecule has 7 heteroatoms. The molecule has 144 valence electrons. The molecule has 27 heavy (non-hydrogen) atoms. The molecule has 0 aromatic heterocycles. The number of hydrogen-bond donors (Lipinski definition) is 2. The summed E-state index contributed by atoms with van der Waals surface area (Å²) in [5, 5.41) is 4.65. The SMILES string of the molecule is CCCCN1C(=O)[C@H]2[C@@H](C1=O)[C@]1([NH2+][C@H]2C(C)C)C(=O)Nc2ccc(F)cc21. The Kier molecular flexibility index (Phi) is 4.10. The van der Waals surface area contributed by atoms with Crippen molar-refractivity contribution >= 4 is 23.4 Å². The Balaban J connectivity index is 1.86. The van der Waals surface area contributed by atoms with Crippen molar-refractivity contribution in [2.75, 3.05) is 11.9 Å². The number of carbonyl (C=O) groups is 3. The summed E-state index contributed by atoms with van der Waals surface area (Å²) >= 11 is 0. The number of unbranched alkanes of at least 4 members (excludes halogenated alkanes) is 1. The first-order chi connectivity index (χ1) is 12.8. The second kappa shape index (κ2) is 6.12. The number of hydrogen-bond acceptors (Lipinski definition) is 3. The fraction of sp³-hybridized carbons (Fsp3) is 0.550. The second-order valence-corrected chi connectivity index (χ2v) is 8.19. The lowest BCUT2D eigenvalue weighted by molar-refractivity contribution is -0.738. The molecule has 3 N–H and O–H groups in total. The third kappa shape index (κ3) is 2.30. The van der Waals surface area contributed by atoms with Crippen molar-refractivity contribution in [1.82, 2.24) is 4.90 Å². The molecule has 1 aromatic carbocycles. The van der Waals surface area contributed by atoms with E-state index in [-0.39, 0.29) is 29.7 Å². The first kappa shape index (κ1) is 18.1. The number of benzene rings is 1. The predicted molar refractivity (Wildman–Crippen MR) is 95.9 cm³/mol. The fourth-order valence-electron chi connectivity index (χ4n) is 5.06. The maximum atomic E-state index is 14.0. The van der Waals surface area contributed by atoms with Gasteiger partial charge in [-0.2, -0.15) is 0 Å². The van der Waals surface area contributed by atoms with Crippen LogP contribution in [0.4, 0.5) is 10.1 Å². The van der Waals surface area contributed by atoms with Gasteiger partial charge in [-0.3, -0.25) is 19.3 Å². The van der Waals surface area contributed by atoms with Gasteiger partial charge in [0.1, 0.15) is 23.7 Å². The Morgan fingerprint density at radius 2 is 2.00 bits per heavy atom. The van der Waals surface area contributed by atoms with Crippen LogP contribution in [0.2, 0.25) is 0 Å². The van der Waals surface area contributed by atoms with Crippen molar-refractivity contribution in [3.05, 3.63) is 29.6 Å². The summed E-state index contributed by atoms with van der Waals surface area (Å²) in [4.78, 5) is 40.8. The number of imide groups is 1. The number of carbonyl (C=O) groups excluding carboxylic acids is 3. The van der Waals surface area contributed by atoms with E-state index >= 15 is 0 Å². The van der Waals surface area contributed by atoms with Gasteiger partial charge in [-0.25, -0.2) is 4.39 Å².